The Labute approximate surface area is 170 Å². The van der Waals surface area contributed by atoms with Gasteiger partial charge >= 0.3 is 12.0 Å². The molecule has 1 aliphatic rings. The van der Waals surface area contributed by atoms with E-state index in [4.69, 9.17) is 4.74 Å². The lowest BCUT2D eigenvalue weighted by molar-refractivity contribution is -0.152. The molecule has 1 fully saturated rings. The highest BCUT2D eigenvalue weighted by Crippen LogP contribution is 2.26. The van der Waals surface area contributed by atoms with Crippen LogP contribution in [0.2, 0.25) is 0 Å². The monoisotopic (exact) mass is 425 g/mol. The first-order chi connectivity index (χ1) is 13.6. The second-order valence-corrected chi connectivity index (χ2v) is 9.11. The van der Waals surface area contributed by atoms with Crippen LogP contribution in [0.4, 0.5) is 4.79 Å². The van der Waals surface area contributed by atoms with Crippen molar-refractivity contribution in [2.24, 2.45) is 0 Å². The van der Waals surface area contributed by atoms with Crippen molar-refractivity contribution < 1.29 is 27.5 Å². The Bertz CT molecular complexity index is 851. The fraction of sp³-hybridized carbons (Fsp3) is 0.526. The highest BCUT2D eigenvalue weighted by Gasteiger charge is 2.38. The van der Waals surface area contributed by atoms with Crippen molar-refractivity contribution in [3.63, 3.8) is 0 Å². The maximum absolute atomic E-state index is 13.0. The summed E-state index contributed by atoms with van der Waals surface area (Å²) in [4.78, 5) is 35.9. The zero-order valence-corrected chi connectivity index (χ0v) is 17.6. The number of carbonyl (C=O) groups is 3. The van der Waals surface area contributed by atoms with Crippen molar-refractivity contribution in [3.05, 3.63) is 29.8 Å². The molecule has 1 aromatic rings. The molecule has 29 heavy (non-hydrogen) atoms. The van der Waals surface area contributed by atoms with Gasteiger partial charge in [0.25, 0.3) is 5.91 Å². The summed E-state index contributed by atoms with van der Waals surface area (Å²) in [6, 6.07) is 4.53. The summed E-state index contributed by atoms with van der Waals surface area (Å²) in [6.07, 6.45) is 1.60. The first kappa shape index (κ1) is 22.8. The van der Waals surface area contributed by atoms with Crippen LogP contribution < -0.4 is 10.6 Å². The minimum absolute atomic E-state index is 0.103. The predicted molar refractivity (Wildman–Crippen MR) is 105 cm³/mol. The Morgan fingerprint density at radius 1 is 1.17 bits per heavy atom. The van der Waals surface area contributed by atoms with Crippen molar-refractivity contribution in [2.45, 2.75) is 57.0 Å². The Morgan fingerprint density at radius 3 is 2.45 bits per heavy atom. The van der Waals surface area contributed by atoms with Crippen LogP contribution in [-0.4, -0.2) is 55.9 Å². The van der Waals surface area contributed by atoms with Crippen LogP contribution in [0.1, 0.15) is 38.7 Å². The molecule has 160 valence electrons. The number of nitrogens with zero attached hydrogens (tertiary/aromatic N) is 1. The molecule has 10 heteroatoms. The summed E-state index contributed by atoms with van der Waals surface area (Å²) in [7, 11) is -3.88. The van der Waals surface area contributed by atoms with Crippen LogP contribution in [0.3, 0.4) is 0 Å². The van der Waals surface area contributed by atoms with E-state index in [1.54, 1.807) is 26.0 Å². The van der Waals surface area contributed by atoms with Crippen molar-refractivity contribution in [3.8, 4) is 0 Å². The summed E-state index contributed by atoms with van der Waals surface area (Å²) >= 11 is 0. The van der Waals surface area contributed by atoms with E-state index in [-0.39, 0.29) is 17.5 Å². The van der Waals surface area contributed by atoms with Crippen molar-refractivity contribution in [1.29, 1.82) is 0 Å². The fourth-order valence-corrected chi connectivity index (χ4v) is 4.61. The third-order valence-electron chi connectivity index (χ3n) is 4.37. The number of nitrogens with one attached hydrogen (secondary N) is 2. The molecule has 1 atom stereocenters. The quantitative estimate of drug-likeness (QED) is 0.663. The van der Waals surface area contributed by atoms with Crippen LogP contribution in [-0.2, 0) is 24.3 Å². The molecule has 3 amide bonds. The van der Waals surface area contributed by atoms with Gasteiger partial charge < -0.3 is 10.1 Å². The van der Waals surface area contributed by atoms with Gasteiger partial charge in [0.15, 0.2) is 6.61 Å². The smallest absolute Gasteiger partial charge is 0.324 e. The van der Waals surface area contributed by atoms with Crippen LogP contribution >= 0.6 is 0 Å². The molecular formula is C19H27N3O6S. The van der Waals surface area contributed by atoms with Crippen LogP contribution in [0.15, 0.2) is 29.2 Å². The third kappa shape index (κ3) is 6.26. The standard InChI is InChI=1S/C19H27N3O6S/c1-13(2)20-19(25)21-17(23)12-28-18(24)16-6-4-5-11-22(16)29(26,27)15-9-7-14(3)8-10-15/h7-10,13,16H,4-6,11-12H2,1-3H3,(H2,20,21,23,25)/t16-/m0/s1. The highest BCUT2D eigenvalue weighted by molar-refractivity contribution is 7.89. The molecular weight excluding hydrogens is 398 g/mol. The lowest BCUT2D eigenvalue weighted by Gasteiger charge is -2.32. The van der Waals surface area contributed by atoms with Gasteiger partial charge in [-0.2, -0.15) is 4.31 Å². The first-order valence-electron chi connectivity index (χ1n) is 9.46. The maximum Gasteiger partial charge on any atom is 0.324 e. The Kier molecular flexibility index (Phi) is 7.74. The number of rotatable bonds is 6. The average Bonchev–Trinajstić information content (AvgIpc) is 2.65. The minimum atomic E-state index is -3.88. The number of hydrogen-bond acceptors (Lipinski definition) is 6. The van der Waals surface area contributed by atoms with E-state index < -0.39 is 40.6 Å². The molecule has 2 rings (SSSR count). The molecule has 0 unspecified atom stereocenters. The molecule has 0 saturated carbocycles. The van der Waals surface area contributed by atoms with Gasteiger partial charge in [-0.1, -0.05) is 17.7 Å². The zero-order valence-electron chi connectivity index (χ0n) is 16.8. The second kappa shape index (κ2) is 9.84. The van der Waals surface area contributed by atoms with Gasteiger partial charge in [-0.3, -0.25) is 14.9 Å². The molecule has 0 aliphatic carbocycles. The van der Waals surface area contributed by atoms with Gasteiger partial charge in [-0.25, -0.2) is 13.2 Å². The van der Waals surface area contributed by atoms with E-state index in [1.807, 2.05) is 12.2 Å². The first-order valence-corrected chi connectivity index (χ1v) is 10.9. The number of esters is 1. The fourth-order valence-electron chi connectivity index (χ4n) is 2.97. The number of urea groups is 1. The number of amides is 3. The summed E-state index contributed by atoms with van der Waals surface area (Å²) in [6.45, 7) is 4.84. The summed E-state index contributed by atoms with van der Waals surface area (Å²) in [5.74, 6) is -1.60. The number of piperidine rings is 1. The highest BCUT2D eigenvalue weighted by atomic mass is 32.2. The molecule has 0 bridgehead atoms. The van der Waals surface area contributed by atoms with Crippen LogP contribution in [0.5, 0.6) is 0 Å². The predicted octanol–water partition coefficient (Wildman–Crippen LogP) is 1.32. The van der Waals surface area contributed by atoms with Gasteiger partial charge in [-0.05, 0) is 52.2 Å². The molecule has 1 saturated heterocycles. The van der Waals surface area contributed by atoms with E-state index in [2.05, 4.69) is 5.32 Å². The number of imide groups is 1. The second-order valence-electron chi connectivity index (χ2n) is 7.22. The van der Waals surface area contributed by atoms with Crippen molar-refractivity contribution in [2.75, 3.05) is 13.2 Å². The Balaban J connectivity index is 2.03. The lowest BCUT2D eigenvalue weighted by atomic mass is 10.1. The number of aryl methyl sites for hydroxylation is 1. The third-order valence-corrected chi connectivity index (χ3v) is 6.29. The van der Waals surface area contributed by atoms with Gasteiger partial charge in [0.05, 0.1) is 4.90 Å². The van der Waals surface area contributed by atoms with E-state index in [9.17, 15) is 22.8 Å². The molecule has 0 spiro atoms. The largest absolute Gasteiger partial charge is 0.454 e. The molecule has 1 heterocycles. The number of sulfonamides is 1. The minimum Gasteiger partial charge on any atom is -0.454 e. The van der Waals surface area contributed by atoms with E-state index in [0.29, 0.717) is 19.3 Å². The van der Waals surface area contributed by atoms with E-state index >= 15 is 0 Å². The van der Waals surface area contributed by atoms with Crippen LogP contribution in [0.25, 0.3) is 0 Å². The van der Waals surface area contributed by atoms with E-state index in [1.165, 1.54) is 12.1 Å². The number of hydrogen-bond donors (Lipinski definition) is 2. The molecule has 9 nitrogen and oxygen atoms in total. The normalized spacial score (nSPS) is 17.6. The zero-order chi connectivity index (χ0) is 21.6. The lowest BCUT2D eigenvalue weighted by Crippen LogP contribution is -2.49. The van der Waals surface area contributed by atoms with Crippen LogP contribution in [0, 0.1) is 6.92 Å². The Morgan fingerprint density at radius 2 is 1.83 bits per heavy atom. The molecule has 0 aromatic heterocycles. The topological polar surface area (TPSA) is 122 Å². The summed E-state index contributed by atoms with van der Waals surface area (Å²) in [5, 5.41) is 4.52. The SMILES string of the molecule is Cc1ccc(S(=O)(=O)N2CCCC[C@H]2C(=O)OCC(=O)NC(=O)NC(C)C)cc1. The maximum atomic E-state index is 13.0. The van der Waals surface area contributed by atoms with Gasteiger partial charge in [0.1, 0.15) is 6.04 Å². The van der Waals surface area contributed by atoms with Gasteiger partial charge in [0, 0.05) is 12.6 Å². The van der Waals surface area contributed by atoms with Gasteiger partial charge in [-0.15, -0.1) is 0 Å². The number of ether oxygens (including phenoxy) is 1. The van der Waals surface area contributed by atoms with Crippen molar-refractivity contribution >= 4 is 27.9 Å². The molecule has 2 N–H and O–H groups in total. The summed E-state index contributed by atoms with van der Waals surface area (Å²) in [5.41, 5.74) is 0.922. The molecule has 0 radical (unpaired) electrons. The van der Waals surface area contributed by atoms with Crippen molar-refractivity contribution in [1.82, 2.24) is 14.9 Å². The van der Waals surface area contributed by atoms with E-state index in [0.717, 1.165) is 9.87 Å². The Hall–Kier alpha value is -2.46. The summed E-state index contributed by atoms with van der Waals surface area (Å²) < 4.78 is 32.1. The molecule has 1 aromatic carbocycles. The number of benzene rings is 1. The molecule has 1 aliphatic heterocycles. The number of carbonyl (C=O) groups excluding carboxylic acids is 3. The average molecular weight is 426 g/mol. The van der Waals surface area contributed by atoms with Gasteiger partial charge in [0.2, 0.25) is 10.0 Å².